The molecule has 0 saturated carbocycles. The van der Waals surface area contributed by atoms with E-state index in [9.17, 15) is 0 Å². The van der Waals surface area contributed by atoms with Crippen LogP contribution in [0.25, 0.3) is 11.3 Å². The topological polar surface area (TPSA) is 38.9 Å². The van der Waals surface area contributed by atoms with Crippen LogP contribution in [0.3, 0.4) is 0 Å². The normalized spacial score (nSPS) is 16.1. The molecule has 1 fully saturated rings. The molecule has 5 nitrogen and oxygen atoms in total. The first-order valence-electron chi connectivity index (χ1n) is 8.97. The first kappa shape index (κ1) is 16.2. The average Bonchev–Trinajstić information content (AvgIpc) is 3.12. The molecule has 0 N–H and O–H groups in total. The van der Waals surface area contributed by atoms with Crippen LogP contribution in [0.15, 0.2) is 12.5 Å². The Bertz CT molecular complexity index is 634. The van der Waals surface area contributed by atoms with Crippen molar-refractivity contribution in [1.29, 1.82) is 0 Å². The summed E-state index contributed by atoms with van der Waals surface area (Å²) in [6.45, 7) is 12.1. The molecule has 23 heavy (non-hydrogen) atoms. The van der Waals surface area contributed by atoms with E-state index in [0.29, 0.717) is 0 Å². The van der Waals surface area contributed by atoms with Gasteiger partial charge in [-0.05, 0) is 59.7 Å². The summed E-state index contributed by atoms with van der Waals surface area (Å²) in [7, 11) is 0. The molecule has 0 atom stereocenters. The molecule has 1 aliphatic heterocycles. The van der Waals surface area contributed by atoms with Crippen molar-refractivity contribution < 1.29 is 0 Å². The van der Waals surface area contributed by atoms with Crippen LogP contribution in [0, 0.1) is 13.8 Å². The molecule has 3 rings (SSSR count). The van der Waals surface area contributed by atoms with E-state index in [-0.39, 0.29) is 0 Å². The molecule has 2 aromatic heterocycles. The van der Waals surface area contributed by atoms with Gasteiger partial charge in [-0.3, -0.25) is 4.68 Å². The summed E-state index contributed by atoms with van der Waals surface area (Å²) in [6, 6.07) is 0. The highest BCUT2D eigenvalue weighted by molar-refractivity contribution is 5.64. The summed E-state index contributed by atoms with van der Waals surface area (Å²) in [5.41, 5.74) is 4.80. The Kier molecular flexibility index (Phi) is 5.16. The first-order chi connectivity index (χ1) is 11.2. The predicted octanol–water partition coefficient (Wildman–Crippen LogP) is 3.26. The Balaban J connectivity index is 1.69. The van der Waals surface area contributed by atoms with Crippen molar-refractivity contribution in [2.24, 2.45) is 0 Å². The van der Waals surface area contributed by atoms with E-state index in [0.717, 1.165) is 18.8 Å². The van der Waals surface area contributed by atoms with Gasteiger partial charge in [-0.1, -0.05) is 6.42 Å². The van der Waals surface area contributed by atoms with E-state index in [1.807, 2.05) is 12.5 Å². The van der Waals surface area contributed by atoms with Gasteiger partial charge in [-0.25, -0.2) is 4.98 Å². The quantitative estimate of drug-likeness (QED) is 0.821. The van der Waals surface area contributed by atoms with Crippen LogP contribution in [-0.4, -0.2) is 43.9 Å². The third-order valence-electron chi connectivity index (χ3n) is 4.97. The van der Waals surface area contributed by atoms with E-state index in [4.69, 9.17) is 0 Å². The highest BCUT2D eigenvalue weighted by Gasteiger charge is 2.16. The molecule has 0 aliphatic carbocycles. The maximum absolute atomic E-state index is 4.65. The fourth-order valence-corrected chi connectivity index (χ4v) is 3.73. The fraction of sp³-hybridized carbons (Fsp3) is 0.667. The molecule has 2 aromatic rings. The lowest BCUT2D eigenvalue weighted by molar-refractivity contribution is 0.223. The maximum atomic E-state index is 4.65. The molecule has 0 radical (unpaired) electrons. The number of imidazole rings is 1. The number of likely N-dealkylation sites (tertiary alicyclic amines) is 1. The molecule has 0 spiro atoms. The van der Waals surface area contributed by atoms with Crippen LogP contribution < -0.4 is 0 Å². The zero-order valence-corrected chi connectivity index (χ0v) is 14.8. The molecule has 126 valence electrons. The second kappa shape index (κ2) is 7.30. The van der Waals surface area contributed by atoms with Crippen molar-refractivity contribution in [3.8, 4) is 11.3 Å². The van der Waals surface area contributed by atoms with Crippen LogP contribution in [-0.2, 0) is 13.1 Å². The Labute approximate surface area is 139 Å². The summed E-state index contributed by atoms with van der Waals surface area (Å²) in [6.07, 6.45) is 9.27. The monoisotopic (exact) mass is 315 g/mol. The lowest BCUT2D eigenvalue weighted by Gasteiger charge is -2.26. The molecule has 1 saturated heterocycles. The third-order valence-corrected chi connectivity index (χ3v) is 4.97. The molecule has 0 bridgehead atoms. The van der Waals surface area contributed by atoms with Crippen LogP contribution in [0.2, 0.25) is 0 Å². The van der Waals surface area contributed by atoms with Gasteiger partial charge in [0.1, 0.15) is 0 Å². The SMILES string of the molecule is CCn1nc(C)c(-c2cncn2CCCN2CCCCC2)c1C. The zero-order chi connectivity index (χ0) is 16.2. The van der Waals surface area contributed by atoms with Gasteiger partial charge in [0.25, 0.3) is 0 Å². The molecule has 5 heteroatoms. The Hall–Kier alpha value is -1.62. The van der Waals surface area contributed by atoms with Gasteiger partial charge < -0.3 is 9.47 Å². The summed E-state index contributed by atoms with van der Waals surface area (Å²) < 4.78 is 4.37. The van der Waals surface area contributed by atoms with Crippen molar-refractivity contribution in [2.45, 2.75) is 59.5 Å². The van der Waals surface area contributed by atoms with Gasteiger partial charge in [0.15, 0.2) is 0 Å². The summed E-state index contributed by atoms with van der Waals surface area (Å²) >= 11 is 0. The van der Waals surface area contributed by atoms with E-state index in [2.05, 4.69) is 45.0 Å². The van der Waals surface area contributed by atoms with Gasteiger partial charge >= 0.3 is 0 Å². The molecule has 0 amide bonds. The second-order valence-electron chi connectivity index (χ2n) is 6.59. The fourth-order valence-electron chi connectivity index (χ4n) is 3.73. The van der Waals surface area contributed by atoms with Gasteiger partial charge in [0.05, 0.1) is 23.9 Å². The Morgan fingerprint density at radius 1 is 1.09 bits per heavy atom. The number of hydrogen-bond acceptors (Lipinski definition) is 3. The minimum Gasteiger partial charge on any atom is -0.330 e. The molecule has 0 unspecified atom stereocenters. The summed E-state index contributed by atoms with van der Waals surface area (Å²) in [5, 5.41) is 4.65. The van der Waals surface area contributed by atoms with Crippen LogP contribution in [0.1, 0.15) is 44.0 Å². The molecular formula is C18H29N5. The van der Waals surface area contributed by atoms with Crippen molar-refractivity contribution in [2.75, 3.05) is 19.6 Å². The minimum atomic E-state index is 0.912. The van der Waals surface area contributed by atoms with Crippen molar-refractivity contribution >= 4 is 0 Å². The van der Waals surface area contributed by atoms with Crippen molar-refractivity contribution in [1.82, 2.24) is 24.2 Å². The minimum absolute atomic E-state index is 0.912. The molecule has 3 heterocycles. The van der Waals surface area contributed by atoms with Gasteiger partial charge in [0, 0.05) is 24.3 Å². The zero-order valence-electron chi connectivity index (χ0n) is 14.8. The molecular weight excluding hydrogens is 286 g/mol. The van der Waals surface area contributed by atoms with Crippen LogP contribution in [0.5, 0.6) is 0 Å². The highest BCUT2D eigenvalue weighted by atomic mass is 15.3. The van der Waals surface area contributed by atoms with E-state index >= 15 is 0 Å². The number of hydrogen-bond donors (Lipinski definition) is 0. The summed E-state index contributed by atoms with van der Waals surface area (Å²) in [4.78, 5) is 7.00. The van der Waals surface area contributed by atoms with Gasteiger partial charge in [-0.2, -0.15) is 5.10 Å². The Morgan fingerprint density at radius 2 is 1.87 bits per heavy atom. The predicted molar refractivity (Wildman–Crippen MR) is 93.5 cm³/mol. The number of rotatable bonds is 6. The smallest absolute Gasteiger partial charge is 0.0950 e. The maximum Gasteiger partial charge on any atom is 0.0950 e. The van der Waals surface area contributed by atoms with Gasteiger partial charge in [0.2, 0.25) is 0 Å². The van der Waals surface area contributed by atoms with E-state index in [1.165, 1.54) is 62.3 Å². The molecule has 0 aromatic carbocycles. The van der Waals surface area contributed by atoms with Crippen LogP contribution >= 0.6 is 0 Å². The third kappa shape index (κ3) is 3.50. The summed E-state index contributed by atoms with van der Waals surface area (Å²) in [5.74, 6) is 0. The second-order valence-corrected chi connectivity index (χ2v) is 6.59. The van der Waals surface area contributed by atoms with Crippen molar-refractivity contribution in [3.63, 3.8) is 0 Å². The Morgan fingerprint density at radius 3 is 2.57 bits per heavy atom. The first-order valence-corrected chi connectivity index (χ1v) is 8.97. The molecule has 1 aliphatic rings. The lowest BCUT2D eigenvalue weighted by Crippen LogP contribution is -2.31. The number of aryl methyl sites for hydroxylation is 3. The number of piperidine rings is 1. The number of nitrogens with zero attached hydrogens (tertiary/aromatic N) is 5. The largest absolute Gasteiger partial charge is 0.330 e. The van der Waals surface area contributed by atoms with Crippen molar-refractivity contribution in [3.05, 3.63) is 23.9 Å². The lowest BCUT2D eigenvalue weighted by atomic mass is 10.1. The van der Waals surface area contributed by atoms with E-state index < -0.39 is 0 Å². The van der Waals surface area contributed by atoms with Gasteiger partial charge in [-0.15, -0.1) is 0 Å². The standard InChI is InChI=1S/C18H29N5/c1-4-23-16(3)18(15(2)20-23)17-13-19-14-22(17)12-8-11-21-9-6-5-7-10-21/h13-14H,4-12H2,1-3H3. The van der Waals surface area contributed by atoms with E-state index in [1.54, 1.807) is 0 Å². The number of aromatic nitrogens is 4. The van der Waals surface area contributed by atoms with Crippen LogP contribution in [0.4, 0.5) is 0 Å². The average molecular weight is 315 g/mol. The highest BCUT2D eigenvalue weighted by Crippen LogP contribution is 2.27.